The van der Waals surface area contributed by atoms with E-state index in [0.717, 1.165) is 49.8 Å². The van der Waals surface area contributed by atoms with Crippen LogP contribution in [0.1, 0.15) is 24.5 Å². The van der Waals surface area contributed by atoms with Crippen LogP contribution >= 0.6 is 0 Å². The van der Waals surface area contributed by atoms with Crippen LogP contribution in [-0.2, 0) is 11.2 Å². The predicted molar refractivity (Wildman–Crippen MR) is 86.1 cm³/mol. The Bertz CT molecular complexity index is 633. The Morgan fingerprint density at radius 1 is 1.30 bits per heavy atom. The lowest BCUT2D eigenvalue weighted by atomic mass is 9.93. The molecule has 6 nitrogen and oxygen atoms in total. The normalized spacial score (nSPS) is 15.6. The van der Waals surface area contributed by atoms with Gasteiger partial charge in [0.2, 0.25) is 0 Å². The van der Waals surface area contributed by atoms with Gasteiger partial charge in [-0.25, -0.2) is 4.98 Å². The number of para-hydroxylation sites is 1. The lowest BCUT2D eigenvalue weighted by molar-refractivity contribution is -0.134. The molecule has 1 aliphatic rings. The van der Waals surface area contributed by atoms with Gasteiger partial charge in [-0.1, -0.05) is 18.2 Å². The molecule has 2 aromatic rings. The third-order valence-corrected chi connectivity index (χ3v) is 4.19. The third kappa shape index (κ3) is 4.31. The van der Waals surface area contributed by atoms with Gasteiger partial charge < -0.3 is 9.64 Å². The number of carbonyl (C=O) groups is 1. The van der Waals surface area contributed by atoms with Crippen LogP contribution in [0.15, 0.2) is 30.3 Å². The number of aryl methyl sites for hydroxylation is 1. The number of aromatic nitrogens is 3. The standard InChI is InChI=1S/C17H22N4O2/c1-13-18-16(20-19-13)11-14-7-9-21(10-8-14)17(22)12-23-15-5-3-2-4-6-15/h2-6,14H,7-12H2,1H3,(H,18,19,20). The number of benzene rings is 1. The quantitative estimate of drug-likeness (QED) is 0.916. The summed E-state index contributed by atoms with van der Waals surface area (Å²) in [7, 11) is 0. The van der Waals surface area contributed by atoms with E-state index in [1.807, 2.05) is 42.2 Å². The van der Waals surface area contributed by atoms with Gasteiger partial charge in [0.15, 0.2) is 12.4 Å². The van der Waals surface area contributed by atoms with Crippen molar-refractivity contribution in [3.63, 3.8) is 0 Å². The molecule has 23 heavy (non-hydrogen) atoms. The minimum absolute atomic E-state index is 0.0565. The fourth-order valence-electron chi connectivity index (χ4n) is 2.88. The van der Waals surface area contributed by atoms with Crippen molar-refractivity contribution in [2.45, 2.75) is 26.2 Å². The maximum Gasteiger partial charge on any atom is 0.260 e. The van der Waals surface area contributed by atoms with Crippen LogP contribution in [0.2, 0.25) is 0 Å². The Kier molecular flexibility index (Phi) is 4.90. The molecular formula is C17H22N4O2. The maximum atomic E-state index is 12.2. The highest BCUT2D eigenvalue weighted by Crippen LogP contribution is 2.20. The average molecular weight is 314 g/mol. The summed E-state index contributed by atoms with van der Waals surface area (Å²) < 4.78 is 5.53. The Balaban J connectivity index is 1.42. The summed E-state index contributed by atoms with van der Waals surface area (Å²) in [5.74, 6) is 3.06. The molecule has 1 aliphatic heterocycles. The molecule has 0 radical (unpaired) electrons. The Morgan fingerprint density at radius 2 is 2.04 bits per heavy atom. The van der Waals surface area contributed by atoms with Gasteiger partial charge in [0.1, 0.15) is 11.6 Å². The van der Waals surface area contributed by atoms with Crippen molar-refractivity contribution in [1.82, 2.24) is 20.1 Å². The van der Waals surface area contributed by atoms with Crippen molar-refractivity contribution >= 4 is 5.91 Å². The zero-order valence-electron chi connectivity index (χ0n) is 13.4. The number of nitrogens with one attached hydrogen (secondary N) is 1. The van der Waals surface area contributed by atoms with E-state index >= 15 is 0 Å². The largest absolute Gasteiger partial charge is 0.484 e. The van der Waals surface area contributed by atoms with E-state index in [1.165, 1.54) is 0 Å². The zero-order chi connectivity index (χ0) is 16.1. The molecule has 0 atom stereocenters. The van der Waals surface area contributed by atoms with Crippen molar-refractivity contribution < 1.29 is 9.53 Å². The first kappa shape index (κ1) is 15.5. The van der Waals surface area contributed by atoms with Crippen LogP contribution in [0.4, 0.5) is 0 Å². The van der Waals surface area contributed by atoms with Crippen LogP contribution in [0.25, 0.3) is 0 Å². The number of amides is 1. The Hall–Kier alpha value is -2.37. The molecule has 1 aromatic carbocycles. The van der Waals surface area contributed by atoms with Gasteiger partial charge in [0.05, 0.1) is 0 Å². The molecule has 1 N–H and O–H groups in total. The van der Waals surface area contributed by atoms with Gasteiger partial charge in [0.25, 0.3) is 5.91 Å². The number of H-pyrrole nitrogens is 1. The molecule has 6 heteroatoms. The van der Waals surface area contributed by atoms with Crippen LogP contribution < -0.4 is 4.74 Å². The highest BCUT2D eigenvalue weighted by Gasteiger charge is 2.24. The summed E-state index contributed by atoms with van der Waals surface area (Å²) in [6.45, 7) is 3.58. The van der Waals surface area contributed by atoms with Crippen molar-refractivity contribution in [2.75, 3.05) is 19.7 Å². The molecule has 0 unspecified atom stereocenters. The van der Waals surface area contributed by atoms with Gasteiger partial charge >= 0.3 is 0 Å². The lowest BCUT2D eigenvalue weighted by Gasteiger charge is -2.31. The SMILES string of the molecule is Cc1nc(CC2CCN(C(=O)COc3ccccc3)CC2)n[nH]1. The first-order valence-electron chi connectivity index (χ1n) is 8.04. The van der Waals surface area contributed by atoms with E-state index in [9.17, 15) is 4.79 Å². The predicted octanol–water partition coefficient (Wildman–Crippen LogP) is 1.97. The van der Waals surface area contributed by atoms with Crippen molar-refractivity contribution in [3.8, 4) is 5.75 Å². The highest BCUT2D eigenvalue weighted by molar-refractivity contribution is 5.77. The number of hydrogen-bond acceptors (Lipinski definition) is 4. The molecule has 122 valence electrons. The van der Waals surface area contributed by atoms with E-state index < -0.39 is 0 Å². The topological polar surface area (TPSA) is 71.1 Å². The van der Waals surface area contributed by atoms with Crippen LogP contribution in [0, 0.1) is 12.8 Å². The number of likely N-dealkylation sites (tertiary alicyclic amines) is 1. The fourth-order valence-corrected chi connectivity index (χ4v) is 2.88. The lowest BCUT2D eigenvalue weighted by Crippen LogP contribution is -2.41. The molecule has 1 saturated heterocycles. The van der Waals surface area contributed by atoms with Crippen molar-refractivity contribution in [2.24, 2.45) is 5.92 Å². The first-order chi connectivity index (χ1) is 11.2. The minimum atomic E-state index is 0.0565. The molecule has 1 amide bonds. The molecule has 0 saturated carbocycles. The monoisotopic (exact) mass is 314 g/mol. The molecule has 2 heterocycles. The fraction of sp³-hybridized carbons (Fsp3) is 0.471. The van der Waals surface area contributed by atoms with Crippen LogP contribution in [-0.4, -0.2) is 45.7 Å². The molecular weight excluding hydrogens is 292 g/mol. The van der Waals surface area contributed by atoms with E-state index in [4.69, 9.17) is 4.74 Å². The first-order valence-corrected chi connectivity index (χ1v) is 8.04. The Labute approximate surface area is 135 Å². The van der Waals surface area contributed by atoms with Crippen LogP contribution in [0.5, 0.6) is 5.75 Å². The number of carbonyl (C=O) groups excluding carboxylic acids is 1. The van der Waals surface area contributed by atoms with Gasteiger partial charge in [-0.05, 0) is 37.8 Å². The summed E-state index contributed by atoms with van der Waals surface area (Å²) in [6, 6.07) is 9.44. The molecule has 1 aromatic heterocycles. The number of nitrogens with zero attached hydrogens (tertiary/aromatic N) is 3. The van der Waals surface area contributed by atoms with Crippen molar-refractivity contribution in [3.05, 3.63) is 42.0 Å². The van der Waals surface area contributed by atoms with Crippen LogP contribution in [0.3, 0.4) is 0 Å². The summed E-state index contributed by atoms with van der Waals surface area (Å²) in [6.07, 6.45) is 2.86. The zero-order valence-corrected chi connectivity index (χ0v) is 13.4. The maximum absolute atomic E-state index is 12.2. The molecule has 0 aliphatic carbocycles. The van der Waals surface area contributed by atoms with Gasteiger partial charge in [-0.15, -0.1) is 0 Å². The number of piperidine rings is 1. The summed E-state index contributed by atoms with van der Waals surface area (Å²) in [5, 5.41) is 7.07. The molecule has 1 fully saturated rings. The van der Waals surface area contributed by atoms with Gasteiger partial charge in [0, 0.05) is 19.5 Å². The highest BCUT2D eigenvalue weighted by atomic mass is 16.5. The van der Waals surface area contributed by atoms with Gasteiger partial charge in [-0.2, -0.15) is 5.10 Å². The number of rotatable bonds is 5. The summed E-state index contributed by atoms with van der Waals surface area (Å²) in [5.41, 5.74) is 0. The second-order valence-corrected chi connectivity index (χ2v) is 5.97. The van der Waals surface area contributed by atoms with Crippen molar-refractivity contribution in [1.29, 1.82) is 0 Å². The number of aromatic amines is 1. The molecule has 0 bridgehead atoms. The summed E-state index contributed by atoms with van der Waals surface area (Å²) >= 11 is 0. The Morgan fingerprint density at radius 3 is 2.70 bits per heavy atom. The average Bonchev–Trinajstić information content (AvgIpc) is 2.99. The second kappa shape index (κ2) is 7.26. The molecule has 0 spiro atoms. The second-order valence-electron chi connectivity index (χ2n) is 5.97. The minimum Gasteiger partial charge on any atom is -0.484 e. The molecule has 3 rings (SSSR count). The van der Waals surface area contributed by atoms with E-state index in [-0.39, 0.29) is 12.5 Å². The van der Waals surface area contributed by atoms with E-state index in [2.05, 4.69) is 15.2 Å². The number of hydrogen-bond donors (Lipinski definition) is 1. The van der Waals surface area contributed by atoms with Gasteiger partial charge in [-0.3, -0.25) is 9.89 Å². The summed E-state index contributed by atoms with van der Waals surface area (Å²) in [4.78, 5) is 18.5. The van der Waals surface area contributed by atoms with E-state index in [1.54, 1.807) is 0 Å². The van der Waals surface area contributed by atoms with E-state index in [0.29, 0.717) is 5.92 Å². The smallest absolute Gasteiger partial charge is 0.260 e. The number of ether oxygens (including phenoxy) is 1. The third-order valence-electron chi connectivity index (χ3n) is 4.19.